The van der Waals surface area contributed by atoms with Gasteiger partial charge in [-0.15, -0.1) is 0 Å². The van der Waals surface area contributed by atoms with Gasteiger partial charge >= 0.3 is 0 Å². The Morgan fingerprint density at radius 3 is 2.84 bits per heavy atom. The molecule has 1 aromatic carbocycles. The van der Waals surface area contributed by atoms with Crippen LogP contribution < -0.4 is 0 Å². The monoisotopic (exact) mass is 256 g/mol. The van der Waals surface area contributed by atoms with E-state index in [0.29, 0.717) is 12.6 Å². The van der Waals surface area contributed by atoms with Gasteiger partial charge in [-0.3, -0.25) is 14.8 Å². The zero-order chi connectivity index (χ0) is 13.5. The third-order valence-corrected chi connectivity index (χ3v) is 3.55. The maximum absolute atomic E-state index is 8.86. The van der Waals surface area contributed by atoms with Crippen molar-refractivity contribution in [2.75, 3.05) is 39.8 Å². The van der Waals surface area contributed by atoms with Gasteiger partial charge in [-0.25, -0.2) is 0 Å². The molecule has 0 aliphatic carbocycles. The van der Waals surface area contributed by atoms with Crippen molar-refractivity contribution in [3.05, 3.63) is 35.9 Å². The van der Waals surface area contributed by atoms with Gasteiger partial charge in [0, 0.05) is 45.5 Å². The topological polar surface area (TPSA) is 42.6 Å². The summed E-state index contributed by atoms with van der Waals surface area (Å²) in [5.41, 5.74) is 1.31. The van der Waals surface area contributed by atoms with Crippen LogP contribution in [0.15, 0.2) is 35.3 Å². The van der Waals surface area contributed by atoms with Crippen LogP contribution in [0.5, 0.6) is 0 Å². The Morgan fingerprint density at radius 2 is 2.16 bits per heavy atom. The minimum Gasteiger partial charge on any atom is -0.300 e. The molecule has 0 N–H and O–H groups in total. The van der Waals surface area contributed by atoms with Gasteiger partial charge in [-0.1, -0.05) is 30.3 Å². The Balaban J connectivity index is 2.13. The normalized spacial score (nSPS) is 21.6. The van der Waals surface area contributed by atoms with Crippen molar-refractivity contribution in [3.63, 3.8) is 0 Å². The van der Waals surface area contributed by atoms with Gasteiger partial charge in [0.05, 0.1) is 12.6 Å². The van der Waals surface area contributed by atoms with Gasteiger partial charge in [-0.2, -0.15) is 5.26 Å². The van der Waals surface area contributed by atoms with E-state index in [2.05, 4.69) is 45.1 Å². The molecule has 4 heteroatoms. The fourth-order valence-corrected chi connectivity index (χ4v) is 2.52. The Labute approximate surface area is 115 Å². The number of piperazine rings is 1. The van der Waals surface area contributed by atoms with E-state index in [0.717, 1.165) is 26.2 Å². The lowest BCUT2D eigenvalue weighted by atomic mass is 10.0. The van der Waals surface area contributed by atoms with Crippen molar-refractivity contribution >= 4 is 6.21 Å². The molecular weight excluding hydrogens is 236 g/mol. The molecule has 1 saturated heterocycles. The molecule has 2 rings (SSSR count). The molecule has 1 heterocycles. The maximum Gasteiger partial charge on any atom is 0.0867 e. The molecule has 0 radical (unpaired) electrons. The summed E-state index contributed by atoms with van der Waals surface area (Å²) in [5.74, 6) is 0. The fraction of sp³-hybridized carbons (Fsp3) is 0.467. The summed E-state index contributed by atoms with van der Waals surface area (Å²) in [6.45, 7) is 4.23. The Hall–Kier alpha value is -1.70. The molecule has 0 amide bonds. The van der Waals surface area contributed by atoms with Crippen LogP contribution in [-0.4, -0.2) is 55.8 Å². The second-order valence-corrected chi connectivity index (χ2v) is 4.76. The molecular formula is C15H20N4. The SMILES string of the molecule is CN=CCN1CCN(CC#N)CC1c1ccccc1. The first-order valence-corrected chi connectivity index (χ1v) is 6.64. The molecule has 1 aromatic rings. The van der Waals surface area contributed by atoms with Crippen molar-refractivity contribution in [1.29, 1.82) is 5.26 Å². The van der Waals surface area contributed by atoms with E-state index in [-0.39, 0.29) is 0 Å². The number of rotatable bonds is 4. The van der Waals surface area contributed by atoms with Crippen LogP contribution in [0, 0.1) is 11.3 Å². The Kier molecular flexibility index (Phi) is 5.08. The third kappa shape index (κ3) is 3.63. The average molecular weight is 256 g/mol. The quantitative estimate of drug-likeness (QED) is 0.606. The summed E-state index contributed by atoms with van der Waals surface area (Å²) in [6, 6.07) is 13.1. The van der Waals surface area contributed by atoms with Crippen LogP contribution in [0.2, 0.25) is 0 Å². The van der Waals surface area contributed by atoms with Crippen molar-refractivity contribution in [2.24, 2.45) is 4.99 Å². The summed E-state index contributed by atoms with van der Waals surface area (Å²) in [6.07, 6.45) is 1.95. The van der Waals surface area contributed by atoms with Gasteiger partial charge in [0.15, 0.2) is 0 Å². The Bertz CT molecular complexity index is 449. The van der Waals surface area contributed by atoms with E-state index in [9.17, 15) is 0 Å². The predicted molar refractivity (Wildman–Crippen MR) is 77.2 cm³/mol. The standard InChI is InChI=1S/C15H20N4/c1-17-8-10-19-12-11-18(9-7-16)13-15(19)14-5-3-2-4-6-14/h2-6,8,15H,9-13H2,1H3. The molecule has 4 nitrogen and oxygen atoms in total. The molecule has 0 bridgehead atoms. The molecule has 0 spiro atoms. The molecule has 1 atom stereocenters. The van der Waals surface area contributed by atoms with Crippen molar-refractivity contribution in [3.8, 4) is 6.07 Å². The zero-order valence-corrected chi connectivity index (χ0v) is 11.4. The van der Waals surface area contributed by atoms with Crippen molar-refractivity contribution in [2.45, 2.75) is 6.04 Å². The fourth-order valence-electron chi connectivity index (χ4n) is 2.52. The minimum atomic E-state index is 0.348. The molecule has 1 aliphatic rings. The first kappa shape index (κ1) is 13.7. The summed E-state index contributed by atoms with van der Waals surface area (Å²) in [4.78, 5) is 8.73. The number of nitrogens with zero attached hydrogens (tertiary/aromatic N) is 4. The minimum absolute atomic E-state index is 0.348. The van der Waals surface area contributed by atoms with Gasteiger partial charge in [0.1, 0.15) is 0 Å². The molecule has 100 valence electrons. The van der Waals surface area contributed by atoms with Crippen LogP contribution >= 0.6 is 0 Å². The first-order chi connectivity index (χ1) is 9.35. The van der Waals surface area contributed by atoms with Crippen LogP contribution in [0.3, 0.4) is 0 Å². The van der Waals surface area contributed by atoms with Gasteiger partial charge < -0.3 is 0 Å². The van der Waals surface area contributed by atoms with Crippen LogP contribution in [0.4, 0.5) is 0 Å². The summed E-state index contributed by atoms with van der Waals surface area (Å²) in [5, 5.41) is 8.86. The highest BCUT2D eigenvalue weighted by Crippen LogP contribution is 2.24. The van der Waals surface area contributed by atoms with E-state index < -0.39 is 0 Å². The van der Waals surface area contributed by atoms with Crippen LogP contribution in [0.1, 0.15) is 11.6 Å². The molecule has 0 saturated carbocycles. The average Bonchev–Trinajstić information content (AvgIpc) is 2.47. The van der Waals surface area contributed by atoms with E-state index in [1.807, 2.05) is 19.3 Å². The largest absolute Gasteiger partial charge is 0.300 e. The van der Waals surface area contributed by atoms with E-state index in [1.165, 1.54) is 5.56 Å². The Morgan fingerprint density at radius 1 is 1.37 bits per heavy atom. The lowest BCUT2D eigenvalue weighted by Gasteiger charge is -2.40. The summed E-state index contributed by atoms with van der Waals surface area (Å²) in [7, 11) is 1.81. The highest BCUT2D eigenvalue weighted by Gasteiger charge is 2.27. The predicted octanol–water partition coefficient (Wildman–Crippen LogP) is 1.57. The van der Waals surface area contributed by atoms with Gasteiger partial charge in [-0.05, 0) is 5.56 Å². The molecule has 1 unspecified atom stereocenters. The second-order valence-electron chi connectivity index (χ2n) is 4.76. The highest BCUT2D eigenvalue weighted by molar-refractivity contribution is 5.59. The lowest BCUT2D eigenvalue weighted by molar-refractivity contribution is 0.0968. The maximum atomic E-state index is 8.86. The molecule has 1 fully saturated rings. The molecule has 19 heavy (non-hydrogen) atoms. The number of hydrogen-bond acceptors (Lipinski definition) is 4. The molecule has 1 aliphatic heterocycles. The second kappa shape index (κ2) is 7.03. The van der Waals surface area contributed by atoms with E-state index in [1.54, 1.807) is 0 Å². The van der Waals surface area contributed by atoms with E-state index >= 15 is 0 Å². The summed E-state index contributed by atoms with van der Waals surface area (Å²) >= 11 is 0. The number of nitriles is 1. The van der Waals surface area contributed by atoms with Gasteiger partial charge in [0.25, 0.3) is 0 Å². The molecule has 0 aromatic heterocycles. The smallest absolute Gasteiger partial charge is 0.0867 e. The van der Waals surface area contributed by atoms with E-state index in [4.69, 9.17) is 5.26 Å². The third-order valence-electron chi connectivity index (χ3n) is 3.55. The lowest BCUT2D eigenvalue weighted by Crippen LogP contribution is -2.48. The van der Waals surface area contributed by atoms with Crippen molar-refractivity contribution < 1.29 is 0 Å². The number of benzene rings is 1. The zero-order valence-electron chi connectivity index (χ0n) is 11.4. The summed E-state index contributed by atoms with van der Waals surface area (Å²) < 4.78 is 0. The van der Waals surface area contributed by atoms with Crippen LogP contribution in [-0.2, 0) is 0 Å². The van der Waals surface area contributed by atoms with Gasteiger partial charge in [0.2, 0.25) is 0 Å². The number of aliphatic imine (C=N–C) groups is 1. The number of hydrogen-bond donors (Lipinski definition) is 0. The van der Waals surface area contributed by atoms with Crippen LogP contribution in [0.25, 0.3) is 0 Å². The highest BCUT2D eigenvalue weighted by atomic mass is 15.3. The van der Waals surface area contributed by atoms with Crippen molar-refractivity contribution in [1.82, 2.24) is 9.80 Å². The first-order valence-electron chi connectivity index (χ1n) is 6.64.